The van der Waals surface area contributed by atoms with Crippen molar-refractivity contribution < 1.29 is 9.90 Å². The van der Waals surface area contributed by atoms with Gasteiger partial charge in [-0.25, -0.2) is 9.78 Å². The van der Waals surface area contributed by atoms with E-state index in [4.69, 9.17) is 5.11 Å². The second-order valence-electron chi connectivity index (χ2n) is 4.00. The van der Waals surface area contributed by atoms with E-state index in [1.54, 1.807) is 6.20 Å². The van der Waals surface area contributed by atoms with Crippen molar-refractivity contribution in [2.75, 3.05) is 0 Å². The molecule has 0 radical (unpaired) electrons. The Morgan fingerprint density at radius 2 is 2.12 bits per heavy atom. The number of carboxylic acid groups (broad SMARTS) is 1. The predicted octanol–water partition coefficient (Wildman–Crippen LogP) is 2.49. The zero-order valence-electron chi connectivity index (χ0n) is 9.21. The molecule has 0 amide bonds. The normalized spacial score (nSPS) is 11.1. The van der Waals surface area contributed by atoms with E-state index in [9.17, 15) is 4.79 Å². The molecule has 0 aliphatic heterocycles. The number of nitrogens with zero attached hydrogens (tertiary/aromatic N) is 2. The molecule has 1 N–H and O–H groups in total. The summed E-state index contributed by atoms with van der Waals surface area (Å²) in [4.78, 5) is 15.0. The van der Waals surface area contributed by atoms with Gasteiger partial charge in [0.25, 0.3) is 0 Å². The molecule has 2 aromatic heterocycles. The molecule has 17 heavy (non-hydrogen) atoms. The second-order valence-corrected chi connectivity index (χ2v) is 4.00. The number of aromatic nitrogens is 2. The molecule has 1 aromatic carbocycles. The van der Waals surface area contributed by atoms with Crippen molar-refractivity contribution in [2.24, 2.45) is 0 Å². The third-order valence-electron chi connectivity index (χ3n) is 2.89. The van der Waals surface area contributed by atoms with E-state index < -0.39 is 5.97 Å². The summed E-state index contributed by atoms with van der Waals surface area (Å²) in [5, 5.41) is 10.1. The van der Waals surface area contributed by atoms with Gasteiger partial charge >= 0.3 is 5.97 Å². The van der Waals surface area contributed by atoms with Crippen molar-refractivity contribution in [1.82, 2.24) is 9.38 Å². The number of fused-ring (bicyclic) bond motifs is 3. The maximum absolute atomic E-state index is 10.9. The van der Waals surface area contributed by atoms with Crippen LogP contribution in [0.15, 0.2) is 36.5 Å². The molecule has 0 aliphatic carbocycles. The minimum atomic E-state index is -1.00. The summed E-state index contributed by atoms with van der Waals surface area (Å²) < 4.78 is 1.81. The van der Waals surface area contributed by atoms with Crippen molar-refractivity contribution in [3.63, 3.8) is 0 Å². The summed E-state index contributed by atoms with van der Waals surface area (Å²) in [5.74, 6) is -1.00. The van der Waals surface area contributed by atoms with Crippen LogP contribution >= 0.6 is 0 Å². The van der Waals surface area contributed by atoms with Crippen molar-refractivity contribution in [2.45, 2.75) is 6.92 Å². The fourth-order valence-electron chi connectivity index (χ4n) is 2.08. The summed E-state index contributed by atoms with van der Waals surface area (Å²) in [6, 6.07) is 9.78. The number of aryl methyl sites for hydroxylation is 1. The first-order valence-corrected chi connectivity index (χ1v) is 5.27. The zero-order chi connectivity index (χ0) is 12.0. The van der Waals surface area contributed by atoms with Crippen LogP contribution < -0.4 is 0 Å². The minimum absolute atomic E-state index is 0.0701. The lowest BCUT2D eigenvalue weighted by atomic mass is 10.1. The van der Waals surface area contributed by atoms with Crippen molar-refractivity contribution >= 4 is 22.5 Å². The number of rotatable bonds is 1. The van der Waals surface area contributed by atoms with Crippen LogP contribution in [-0.4, -0.2) is 20.5 Å². The Morgan fingerprint density at radius 1 is 1.35 bits per heavy atom. The lowest BCUT2D eigenvalue weighted by Gasteiger charge is -2.04. The molecule has 3 rings (SSSR count). The van der Waals surface area contributed by atoms with Crippen molar-refractivity contribution in [3.8, 4) is 0 Å². The number of carboxylic acids is 1. The van der Waals surface area contributed by atoms with Crippen LogP contribution in [-0.2, 0) is 0 Å². The fourth-order valence-corrected chi connectivity index (χ4v) is 2.08. The number of pyridine rings is 1. The predicted molar refractivity (Wildman–Crippen MR) is 64.4 cm³/mol. The maximum Gasteiger partial charge on any atom is 0.356 e. The van der Waals surface area contributed by atoms with E-state index in [0.717, 1.165) is 16.5 Å². The molecule has 0 fully saturated rings. The summed E-state index contributed by atoms with van der Waals surface area (Å²) in [6.45, 7) is 2.00. The Labute approximate surface area is 97.1 Å². The minimum Gasteiger partial charge on any atom is -0.476 e. The van der Waals surface area contributed by atoms with E-state index in [-0.39, 0.29) is 5.69 Å². The highest BCUT2D eigenvalue weighted by molar-refractivity contribution is 5.89. The molecular formula is C13H10N2O2. The summed E-state index contributed by atoms with van der Waals surface area (Å²) in [5.41, 5.74) is 2.80. The molecule has 84 valence electrons. The Bertz CT molecular complexity index is 744. The molecule has 0 bridgehead atoms. The second kappa shape index (κ2) is 3.31. The standard InChI is InChI=1S/C13H10N2O2/c1-8-6-12-14-10(13(16)17)7-15(12)11-5-3-2-4-9(8)11/h2-7H,1H3,(H,16,17). The van der Waals surface area contributed by atoms with Crippen molar-refractivity contribution in [3.05, 3.63) is 47.8 Å². The number of carbonyl (C=O) groups is 1. The lowest BCUT2D eigenvalue weighted by Crippen LogP contribution is -1.94. The first kappa shape index (κ1) is 9.84. The van der Waals surface area contributed by atoms with Gasteiger partial charge in [-0.3, -0.25) is 4.40 Å². The molecule has 0 atom stereocenters. The highest BCUT2D eigenvalue weighted by Crippen LogP contribution is 2.21. The summed E-state index contributed by atoms with van der Waals surface area (Å²) >= 11 is 0. The SMILES string of the molecule is Cc1cc2nc(C(=O)O)cn2c2ccccc12. The van der Waals surface area contributed by atoms with E-state index in [1.165, 1.54) is 0 Å². The van der Waals surface area contributed by atoms with Crippen molar-refractivity contribution in [1.29, 1.82) is 0 Å². The topological polar surface area (TPSA) is 54.6 Å². The van der Waals surface area contributed by atoms with Crippen LogP contribution in [0.25, 0.3) is 16.6 Å². The molecule has 4 nitrogen and oxygen atoms in total. The van der Waals surface area contributed by atoms with Gasteiger partial charge in [-0.1, -0.05) is 18.2 Å². The highest BCUT2D eigenvalue weighted by atomic mass is 16.4. The molecule has 0 saturated heterocycles. The molecule has 0 saturated carbocycles. The Balaban J connectivity index is 2.50. The van der Waals surface area contributed by atoms with Gasteiger partial charge in [0.1, 0.15) is 5.65 Å². The van der Waals surface area contributed by atoms with Gasteiger partial charge in [0.15, 0.2) is 5.69 Å². The average molecular weight is 226 g/mol. The molecule has 3 aromatic rings. The largest absolute Gasteiger partial charge is 0.476 e. The number of imidazole rings is 1. The van der Waals surface area contributed by atoms with Gasteiger partial charge in [0.2, 0.25) is 0 Å². The quantitative estimate of drug-likeness (QED) is 0.693. The number of para-hydroxylation sites is 1. The third-order valence-corrected chi connectivity index (χ3v) is 2.89. The Hall–Kier alpha value is -2.36. The monoisotopic (exact) mass is 226 g/mol. The van der Waals surface area contributed by atoms with E-state index in [1.807, 2.05) is 41.7 Å². The van der Waals surface area contributed by atoms with E-state index in [2.05, 4.69) is 4.98 Å². The number of benzene rings is 1. The number of hydrogen-bond acceptors (Lipinski definition) is 2. The number of hydrogen-bond donors (Lipinski definition) is 1. The lowest BCUT2D eigenvalue weighted by molar-refractivity contribution is 0.0691. The molecule has 2 heterocycles. The third kappa shape index (κ3) is 1.38. The molecular weight excluding hydrogens is 216 g/mol. The van der Waals surface area contributed by atoms with Crippen LogP contribution in [0.2, 0.25) is 0 Å². The van der Waals surface area contributed by atoms with Crippen LogP contribution in [0, 0.1) is 6.92 Å². The molecule has 0 aliphatic rings. The molecule has 4 heteroatoms. The summed E-state index contributed by atoms with van der Waals surface area (Å²) in [7, 11) is 0. The number of aromatic carboxylic acids is 1. The van der Waals surface area contributed by atoms with Gasteiger partial charge in [-0.2, -0.15) is 0 Å². The zero-order valence-corrected chi connectivity index (χ0v) is 9.21. The average Bonchev–Trinajstić information content (AvgIpc) is 2.73. The molecule has 0 spiro atoms. The maximum atomic E-state index is 10.9. The Kier molecular flexibility index (Phi) is 1.92. The van der Waals surface area contributed by atoms with Crippen LogP contribution in [0.3, 0.4) is 0 Å². The van der Waals surface area contributed by atoms with Gasteiger partial charge in [0, 0.05) is 11.6 Å². The fraction of sp³-hybridized carbons (Fsp3) is 0.0769. The van der Waals surface area contributed by atoms with Gasteiger partial charge in [-0.15, -0.1) is 0 Å². The van der Waals surface area contributed by atoms with Crippen LogP contribution in [0.5, 0.6) is 0 Å². The van der Waals surface area contributed by atoms with Gasteiger partial charge < -0.3 is 5.11 Å². The first-order chi connectivity index (χ1) is 8.16. The Morgan fingerprint density at radius 3 is 2.88 bits per heavy atom. The van der Waals surface area contributed by atoms with Crippen LogP contribution in [0.1, 0.15) is 16.1 Å². The molecule has 0 unspecified atom stereocenters. The van der Waals surface area contributed by atoms with Gasteiger partial charge in [-0.05, 0) is 24.6 Å². The first-order valence-electron chi connectivity index (χ1n) is 5.27. The van der Waals surface area contributed by atoms with E-state index >= 15 is 0 Å². The highest BCUT2D eigenvalue weighted by Gasteiger charge is 2.11. The van der Waals surface area contributed by atoms with E-state index in [0.29, 0.717) is 5.65 Å². The smallest absolute Gasteiger partial charge is 0.356 e. The van der Waals surface area contributed by atoms with Gasteiger partial charge in [0.05, 0.1) is 5.52 Å². The summed E-state index contributed by atoms with van der Waals surface area (Å²) in [6.07, 6.45) is 1.56. The van der Waals surface area contributed by atoms with Crippen LogP contribution in [0.4, 0.5) is 0 Å².